The quantitative estimate of drug-likeness (QED) is 0.363. The standard InChI is InChI=1S/C27H19F2NO4/c1-2-13-33-20-10-5-17(6-11-20)24-23-25(31)21-14-19(29)9-12-22(21)34-26(23)27(32)30(24)15-16-3-7-18(28)8-4-16/h2-12,14,24H,1,13,15H2. The highest BCUT2D eigenvalue weighted by Crippen LogP contribution is 2.39. The number of fused-ring (bicyclic) bond motifs is 2. The van der Waals surface area contributed by atoms with Crippen molar-refractivity contribution in [3.05, 3.63) is 124 Å². The van der Waals surface area contributed by atoms with E-state index in [1.165, 1.54) is 29.2 Å². The van der Waals surface area contributed by atoms with Gasteiger partial charge in [0.15, 0.2) is 5.43 Å². The van der Waals surface area contributed by atoms with Crippen LogP contribution in [0.4, 0.5) is 8.78 Å². The molecule has 170 valence electrons. The molecule has 1 amide bonds. The Bertz CT molecular complexity index is 1460. The van der Waals surface area contributed by atoms with Crippen LogP contribution in [0.3, 0.4) is 0 Å². The number of carbonyl (C=O) groups is 1. The fourth-order valence-electron chi connectivity index (χ4n) is 4.19. The van der Waals surface area contributed by atoms with Crippen molar-refractivity contribution < 1.29 is 22.7 Å². The number of rotatable bonds is 6. The van der Waals surface area contributed by atoms with E-state index in [0.717, 1.165) is 6.07 Å². The molecule has 0 fully saturated rings. The molecule has 1 aliphatic rings. The number of amides is 1. The predicted molar refractivity (Wildman–Crippen MR) is 123 cm³/mol. The van der Waals surface area contributed by atoms with Crippen LogP contribution in [0.25, 0.3) is 11.0 Å². The monoisotopic (exact) mass is 459 g/mol. The molecule has 0 radical (unpaired) electrons. The second-order valence-electron chi connectivity index (χ2n) is 7.95. The lowest BCUT2D eigenvalue weighted by Crippen LogP contribution is -2.29. The molecule has 5 rings (SSSR count). The Labute approximate surface area is 193 Å². The van der Waals surface area contributed by atoms with Crippen LogP contribution in [0.1, 0.15) is 33.3 Å². The molecule has 1 aromatic heterocycles. The third-order valence-electron chi connectivity index (χ3n) is 5.76. The maximum absolute atomic E-state index is 13.9. The second-order valence-corrected chi connectivity index (χ2v) is 7.95. The van der Waals surface area contributed by atoms with Gasteiger partial charge in [-0.05, 0) is 53.6 Å². The van der Waals surface area contributed by atoms with Gasteiger partial charge in [-0.15, -0.1) is 0 Å². The Hall–Kier alpha value is -4.26. The van der Waals surface area contributed by atoms with Gasteiger partial charge in [0.2, 0.25) is 5.76 Å². The Morgan fingerprint density at radius 3 is 2.38 bits per heavy atom. The van der Waals surface area contributed by atoms with Crippen LogP contribution in [0, 0.1) is 11.6 Å². The van der Waals surface area contributed by atoms with Crippen molar-refractivity contribution >= 4 is 16.9 Å². The first-order chi connectivity index (χ1) is 16.5. The van der Waals surface area contributed by atoms with Crippen LogP contribution < -0.4 is 10.2 Å². The SMILES string of the molecule is C=CCOc1ccc(C2c3c(oc4ccc(F)cc4c3=O)C(=O)N2Cc2ccc(F)cc2)cc1. The zero-order valence-corrected chi connectivity index (χ0v) is 18.0. The summed E-state index contributed by atoms with van der Waals surface area (Å²) in [5.74, 6) is -0.919. The van der Waals surface area contributed by atoms with Crippen molar-refractivity contribution in [2.24, 2.45) is 0 Å². The van der Waals surface area contributed by atoms with Gasteiger partial charge in [-0.1, -0.05) is 36.9 Å². The summed E-state index contributed by atoms with van der Waals surface area (Å²) in [6.45, 7) is 4.07. The molecule has 3 aromatic carbocycles. The number of hydrogen-bond acceptors (Lipinski definition) is 4. The first kappa shape index (κ1) is 21.6. The molecule has 1 unspecified atom stereocenters. The molecular weight excluding hydrogens is 440 g/mol. The Kier molecular flexibility index (Phi) is 5.45. The molecule has 2 heterocycles. The van der Waals surface area contributed by atoms with Crippen LogP contribution in [0.2, 0.25) is 0 Å². The molecule has 5 nitrogen and oxygen atoms in total. The minimum atomic E-state index is -0.773. The van der Waals surface area contributed by atoms with Crippen molar-refractivity contribution in [2.45, 2.75) is 12.6 Å². The number of carbonyl (C=O) groups excluding carboxylic acids is 1. The van der Waals surface area contributed by atoms with Crippen molar-refractivity contribution in [2.75, 3.05) is 6.61 Å². The van der Waals surface area contributed by atoms with Crippen LogP contribution in [-0.2, 0) is 6.54 Å². The van der Waals surface area contributed by atoms with Gasteiger partial charge in [0.1, 0.15) is 29.6 Å². The molecule has 0 aliphatic carbocycles. The van der Waals surface area contributed by atoms with E-state index >= 15 is 0 Å². The largest absolute Gasteiger partial charge is 0.490 e. The van der Waals surface area contributed by atoms with Crippen LogP contribution in [0.5, 0.6) is 5.75 Å². The van der Waals surface area contributed by atoms with E-state index < -0.39 is 29.0 Å². The molecule has 4 aromatic rings. The minimum Gasteiger partial charge on any atom is -0.490 e. The molecule has 0 spiro atoms. The van der Waals surface area contributed by atoms with E-state index in [4.69, 9.17) is 9.15 Å². The van der Waals surface area contributed by atoms with E-state index in [2.05, 4.69) is 6.58 Å². The van der Waals surface area contributed by atoms with Gasteiger partial charge in [0.25, 0.3) is 5.91 Å². The number of halogens is 2. The smallest absolute Gasteiger partial charge is 0.291 e. The van der Waals surface area contributed by atoms with E-state index in [1.54, 1.807) is 42.5 Å². The zero-order valence-electron chi connectivity index (χ0n) is 18.0. The molecule has 1 aliphatic heterocycles. The third kappa shape index (κ3) is 3.75. The number of ether oxygens (including phenoxy) is 1. The maximum Gasteiger partial charge on any atom is 0.291 e. The van der Waals surface area contributed by atoms with E-state index in [0.29, 0.717) is 23.5 Å². The van der Waals surface area contributed by atoms with Crippen LogP contribution >= 0.6 is 0 Å². The van der Waals surface area contributed by atoms with Gasteiger partial charge >= 0.3 is 0 Å². The fourth-order valence-corrected chi connectivity index (χ4v) is 4.19. The van der Waals surface area contributed by atoms with Crippen molar-refractivity contribution in [1.29, 1.82) is 0 Å². The van der Waals surface area contributed by atoms with Crippen molar-refractivity contribution in [3.63, 3.8) is 0 Å². The molecule has 0 saturated heterocycles. The fraction of sp³-hybridized carbons (Fsp3) is 0.111. The molecular formula is C27H19F2NO4. The van der Waals surface area contributed by atoms with Gasteiger partial charge < -0.3 is 14.1 Å². The van der Waals surface area contributed by atoms with E-state index in [1.807, 2.05) is 0 Å². The normalized spacial score (nSPS) is 14.9. The average molecular weight is 459 g/mol. The van der Waals surface area contributed by atoms with Gasteiger partial charge in [-0.25, -0.2) is 8.78 Å². The number of nitrogens with zero attached hydrogens (tertiary/aromatic N) is 1. The van der Waals surface area contributed by atoms with Gasteiger partial charge in [-0.3, -0.25) is 9.59 Å². The summed E-state index contributed by atoms with van der Waals surface area (Å²) in [4.78, 5) is 28.4. The van der Waals surface area contributed by atoms with Crippen molar-refractivity contribution in [1.82, 2.24) is 4.90 Å². The lowest BCUT2D eigenvalue weighted by atomic mass is 9.98. The highest BCUT2D eigenvalue weighted by Gasteiger charge is 2.42. The van der Waals surface area contributed by atoms with Gasteiger partial charge in [0.05, 0.1) is 17.0 Å². The Balaban J connectivity index is 1.65. The lowest BCUT2D eigenvalue weighted by Gasteiger charge is -2.25. The third-order valence-corrected chi connectivity index (χ3v) is 5.76. The molecule has 0 saturated carbocycles. The summed E-state index contributed by atoms with van der Waals surface area (Å²) < 4.78 is 38.7. The summed E-state index contributed by atoms with van der Waals surface area (Å²) in [5.41, 5.74) is 1.14. The topological polar surface area (TPSA) is 59.8 Å². The number of benzene rings is 3. The summed E-state index contributed by atoms with van der Waals surface area (Å²) in [6.07, 6.45) is 1.62. The summed E-state index contributed by atoms with van der Waals surface area (Å²) in [5, 5.41) is 0.0612. The molecule has 0 N–H and O–H groups in total. The maximum atomic E-state index is 13.9. The van der Waals surface area contributed by atoms with Gasteiger partial charge in [0, 0.05) is 6.54 Å². The van der Waals surface area contributed by atoms with E-state index in [-0.39, 0.29) is 28.8 Å². The Morgan fingerprint density at radius 1 is 0.971 bits per heavy atom. The minimum absolute atomic E-state index is 0.0612. The first-order valence-corrected chi connectivity index (χ1v) is 10.6. The zero-order chi connectivity index (χ0) is 23.8. The highest BCUT2D eigenvalue weighted by atomic mass is 19.1. The molecule has 0 bridgehead atoms. The molecule has 34 heavy (non-hydrogen) atoms. The Morgan fingerprint density at radius 2 is 1.68 bits per heavy atom. The average Bonchev–Trinajstić information content (AvgIpc) is 3.11. The molecule has 1 atom stereocenters. The van der Waals surface area contributed by atoms with E-state index in [9.17, 15) is 18.4 Å². The van der Waals surface area contributed by atoms with Crippen LogP contribution in [0.15, 0.2) is 88.6 Å². The second kappa shape index (κ2) is 8.59. The molecule has 7 heteroatoms. The summed E-state index contributed by atoms with van der Waals surface area (Å²) in [6, 6.07) is 15.6. The first-order valence-electron chi connectivity index (χ1n) is 10.6. The highest BCUT2D eigenvalue weighted by molar-refractivity contribution is 5.99. The van der Waals surface area contributed by atoms with Gasteiger partial charge in [-0.2, -0.15) is 0 Å². The summed E-state index contributed by atoms with van der Waals surface area (Å²) in [7, 11) is 0. The van der Waals surface area contributed by atoms with Crippen molar-refractivity contribution in [3.8, 4) is 5.75 Å². The van der Waals surface area contributed by atoms with Crippen LogP contribution in [-0.4, -0.2) is 17.4 Å². The number of hydrogen-bond donors (Lipinski definition) is 0. The lowest BCUT2D eigenvalue weighted by molar-refractivity contribution is 0.0714. The predicted octanol–water partition coefficient (Wildman–Crippen LogP) is 5.38. The summed E-state index contributed by atoms with van der Waals surface area (Å²) >= 11 is 0.